The van der Waals surface area contributed by atoms with Gasteiger partial charge in [0.25, 0.3) is 0 Å². The first-order chi connectivity index (χ1) is 9.22. The second kappa shape index (κ2) is 6.79. The van der Waals surface area contributed by atoms with E-state index in [9.17, 15) is 9.59 Å². The van der Waals surface area contributed by atoms with Crippen LogP contribution < -0.4 is 11.1 Å². The summed E-state index contributed by atoms with van der Waals surface area (Å²) in [5.41, 5.74) is 8.51. The van der Waals surface area contributed by atoms with Crippen molar-refractivity contribution in [3.8, 4) is 0 Å². The molecule has 0 spiro atoms. The maximum atomic E-state index is 12.1. The number of hydrogen-bond acceptors (Lipinski definition) is 3. The summed E-state index contributed by atoms with van der Waals surface area (Å²) in [4.78, 5) is 24.0. The molecule has 5 heteroatoms. The molecule has 0 bridgehead atoms. The second-order valence-electron chi connectivity index (χ2n) is 5.36. The molecule has 0 saturated carbocycles. The predicted molar refractivity (Wildman–Crippen MR) is 82.9 cm³/mol. The normalized spacial score (nSPS) is 12.3. The van der Waals surface area contributed by atoms with Crippen LogP contribution in [0.5, 0.6) is 0 Å². The molecule has 0 aliphatic rings. The van der Waals surface area contributed by atoms with Gasteiger partial charge in [0.2, 0.25) is 5.91 Å². The first kappa shape index (κ1) is 16.6. The lowest BCUT2D eigenvalue weighted by atomic mass is 10.1. The summed E-state index contributed by atoms with van der Waals surface area (Å²) < 4.78 is 0. The van der Waals surface area contributed by atoms with E-state index in [0.717, 1.165) is 16.0 Å². The summed E-state index contributed by atoms with van der Waals surface area (Å²) in [6, 6.07) is 3.39. The molecular weight excluding hydrogens is 272 g/mol. The van der Waals surface area contributed by atoms with Crippen LogP contribution in [-0.2, 0) is 4.79 Å². The highest BCUT2D eigenvalue weighted by atomic mass is 32.2. The molecule has 0 saturated heterocycles. The quantitative estimate of drug-likeness (QED) is 0.839. The van der Waals surface area contributed by atoms with Gasteiger partial charge in [-0.05, 0) is 37.8 Å². The zero-order valence-corrected chi connectivity index (χ0v) is 13.4. The number of urea groups is 1. The molecule has 3 N–H and O–H groups in total. The fraction of sp³-hybridized carbons (Fsp3) is 0.467. The number of carbonyl (C=O) groups is 2. The fourth-order valence-corrected chi connectivity index (χ4v) is 3.35. The summed E-state index contributed by atoms with van der Waals surface area (Å²) >= 11 is 1.49. The van der Waals surface area contributed by atoms with E-state index in [1.165, 1.54) is 17.3 Å². The molecule has 0 aromatic heterocycles. The van der Waals surface area contributed by atoms with E-state index in [4.69, 9.17) is 5.73 Å². The topological polar surface area (TPSA) is 72.2 Å². The van der Waals surface area contributed by atoms with Crippen molar-refractivity contribution in [2.75, 3.05) is 0 Å². The van der Waals surface area contributed by atoms with Gasteiger partial charge in [0.05, 0.1) is 5.25 Å². The number of thioether (sulfide) groups is 1. The average Bonchev–Trinajstić information content (AvgIpc) is 2.25. The number of benzene rings is 1. The minimum atomic E-state index is -0.807. The molecule has 0 heterocycles. The Kier molecular flexibility index (Phi) is 5.62. The Morgan fingerprint density at radius 1 is 1.15 bits per heavy atom. The minimum absolute atomic E-state index is 0.0967. The molecule has 3 amide bonds. The number of hydrogen-bond donors (Lipinski definition) is 2. The van der Waals surface area contributed by atoms with Crippen molar-refractivity contribution in [1.82, 2.24) is 5.32 Å². The standard InChI is InChI=1S/C15H22N2O2S/c1-8(2)12(14(18)17-15(16)19)20-13-10(4)6-9(3)7-11(13)5/h6-8,12H,1-5H3,(H3,16,17,18,19)/t12-/m1/s1. The maximum absolute atomic E-state index is 12.1. The smallest absolute Gasteiger partial charge is 0.318 e. The highest BCUT2D eigenvalue weighted by Gasteiger charge is 2.25. The number of nitrogens with one attached hydrogen (secondary N) is 1. The van der Waals surface area contributed by atoms with Crippen LogP contribution in [0.25, 0.3) is 0 Å². The van der Waals surface area contributed by atoms with Crippen molar-refractivity contribution in [3.63, 3.8) is 0 Å². The molecule has 0 fully saturated rings. The average molecular weight is 294 g/mol. The van der Waals surface area contributed by atoms with Crippen molar-refractivity contribution < 1.29 is 9.59 Å². The zero-order valence-electron chi connectivity index (χ0n) is 12.6. The molecule has 1 rings (SSSR count). The number of rotatable bonds is 4. The first-order valence-corrected chi connectivity index (χ1v) is 7.45. The highest BCUT2D eigenvalue weighted by molar-refractivity contribution is 8.00. The minimum Gasteiger partial charge on any atom is -0.351 e. The van der Waals surface area contributed by atoms with Crippen LogP contribution in [0.15, 0.2) is 17.0 Å². The van der Waals surface area contributed by atoms with Gasteiger partial charge in [-0.15, -0.1) is 11.8 Å². The Bertz CT molecular complexity index is 504. The molecule has 0 radical (unpaired) electrons. The van der Waals surface area contributed by atoms with E-state index in [1.807, 2.05) is 34.6 Å². The van der Waals surface area contributed by atoms with E-state index in [1.54, 1.807) is 0 Å². The van der Waals surface area contributed by atoms with Gasteiger partial charge in [0, 0.05) is 4.90 Å². The number of nitrogens with two attached hydrogens (primary N) is 1. The van der Waals surface area contributed by atoms with Gasteiger partial charge in [0.1, 0.15) is 0 Å². The maximum Gasteiger partial charge on any atom is 0.318 e. The van der Waals surface area contributed by atoms with Crippen LogP contribution in [0.1, 0.15) is 30.5 Å². The van der Waals surface area contributed by atoms with Gasteiger partial charge in [-0.3, -0.25) is 10.1 Å². The summed E-state index contributed by atoms with van der Waals surface area (Å²) in [6.45, 7) is 10.0. The van der Waals surface area contributed by atoms with Crippen molar-refractivity contribution in [2.24, 2.45) is 11.7 Å². The van der Waals surface area contributed by atoms with E-state index in [0.29, 0.717) is 0 Å². The number of amides is 3. The van der Waals surface area contributed by atoms with Crippen LogP contribution in [0.2, 0.25) is 0 Å². The Labute approximate surface area is 124 Å². The van der Waals surface area contributed by atoms with Crippen molar-refractivity contribution >= 4 is 23.7 Å². The molecule has 20 heavy (non-hydrogen) atoms. The van der Waals surface area contributed by atoms with Gasteiger partial charge in [0.15, 0.2) is 0 Å². The molecular formula is C15H22N2O2S. The molecule has 110 valence electrons. The molecule has 0 aliphatic heterocycles. The van der Waals surface area contributed by atoms with Gasteiger partial charge < -0.3 is 5.73 Å². The Morgan fingerprint density at radius 3 is 2.05 bits per heavy atom. The third-order valence-electron chi connectivity index (χ3n) is 2.96. The van der Waals surface area contributed by atoms with Crippen LogP contribution in [0.4, 0.5) is 4.79 Å². The Morgan fingerprint density at radius 2 is 1.65 bits per heavy atom. The monoisotopic (exact) mass is 294 g/mol. The summed E-state index contributed by atoms with van der Waals surface area (Å²) in [7, 11) is 0. The lowest BCUT2D eigenvalue weighted by Crippen LogP contribution is -2.42. The molecule has 0 aliphatic carbocycles. The van der Waals surface area contributed by atoms with Crippen molar-refractivity contribution in [2.45, 2.75) is 44.8 Å². The third kappa shape index (κ3) is 4.27. The summed E-state index contributed by atoms with van der Waals surface area (Å²) in [6.07, 6.45) is 0. The van der Waals surface area contributed by atoms with Gasteiger partial charge in [-0.2, -0.15) is 0 Å². The second-order valence-corrected chi connectivity index (χ2v) is 6.52. The predicted octanol–water partition coefficient (Wildman–Crippen LogP) is 2.92. The lowest BCUT2D eigenvalue weighted by Gasteiger charge is -2.21. The third-order valence-corrected chi connectivity index (χ3v) is 4.85. The van der Waals surface area contributed by atoms with E-state index >= 15 is 0 Å². The highest BCUT2D eigenvalue weighted by Crippen LogP contribution is 2.34. The number of carbonyl (C=O) groups excluding carboxylic acids is 2. The van der Waals surface area contributed by atoms with Gasteiger partial charge in [-0.1, -0.05) is 31.5 Å². The fourth-order valence-electron chi connectivity index (χ4n) is 2.16. The summed E-state index contributed by atoms with van der Waals surface area (Å²) in [5, 5.41) is 1.83. The van der Waals surface area contributed by atoms with Gasteiger partial charge in [-0.25, -0.2) is 4.79 Å². The van der Waals surface area contributed by atoms with E-state index < -0.39 is 6.03 Å². The number of aryl methyl sites for hydroxylation is 3. The van der Waals surface area contributed by atoms with Crippen LogP contribution in [-0.4, -0.2) is 17.2 Å². The largest absolute Gasteiger partial charge is 0.351 e. The van der Waals surface area contributed by atoms with Crippen molar-refractivity contribution in [3.05, 3.63) is 28.8 Å². The summed E-state index contributed by atoms with van der Waals surface area (Å²) in [5.74, 6) is -0.240. The number of imide groups is 1. The first-order valence-electron chi connectivity index (χ1n) is 6.57. The lowest BCUT2D eigenvalue weighted by molar-refractivity contribution is -0.120. The molecule has 0 unspecified atom stereocenters. The zero-order chi connectivity index (χ0) is 15.4. The van der Waals surface area contributed by atoms with Crippen LogP contribution >= 0.6 is 11.8 Å². The molecule has 1 aromatic carbocycles. The van der Waals surface area contributed by atoms with E-state index in [2.05, 4.69) is 17.4 Å². The number of primary amides is 1. The molecule has 1 atom stereocenters. The van der Waals surface area contributed by atoms with Crippen LogP contribution in [0.3, 0.4) is 0 Å². The van der Waals surface area contributed by atoms with Crippen LogP contribution in [0, 0.1) is 26.7 Å². The molecule has 1 aromatic rings. The molecule has 4 nitrogen and oxygen atoms in total. The Hall–Kier alpha value is -1.49. The van der Waals surface area contributed by atoms with Gasteiger partial charge >= 0.3 is 6.03 Å². The van der Waals surface area contributed by atoms with E-state index in [-0.39, 0.29) is 17.1 Å². The SMILES string of the molecule is Cc1cc(C)c(S[C@@H](C(=O)NC(N)=O)C(C)C)c(C)c1. The Balaban J connectivity index is 3.03. The van der Waals surface area contributed by atoms with Crippen molar-refractivity contribution in [1.29, 1.82) is 0 Å².